The van der Waals surface area contributed by atoms with Gasteiger partial charge >= 0.3 is 6.09 Å². The van der Waals surface area contributed by atoms with Gasteiger partial charge in [0.15, 0.2) is 12.5 Å². The van der Waals surface area contributed by atoms with Crippen molar-refractivity contribution >= 4 is 23.5 Å². The van der Waals surface area contributed by atoms with Crippen LogP contribution in [0.4, 0.5) is 10.5 Å². The molecule has 1 aliphatic rings. The van der Waals surface area contributed by atoms with Gasteiger partial charge in [0.05, 0.1) is 18.8 Å². The first-order valence-electron chi connectivity index (χ1n) is 11.9. The highest BCUT2D eigenvalue weighted by molar-refractivity contribution is 7.99. The third-order valence-corrected chi connectivity index (χ3v) is 7.18. The number of anilines is 1. The molecule has 0 aliphatic carbocycles. The Kier molecular flexibility index (Phi) is 9.19. The van der Waals surface area contributed by atoms with Crippen LogP contribution in [0, 0.1) is 11.1 Å². The summed E-state index contributed by atoms with van der Waals surface area (Å²) in [5.74, 6) is 0.556. The number of benzene rings is 2. The van der Waals surface area contributed by atoms with Crippen molar-refractivity contribution in [3.63, 3.8) is 0 Å². The molecule has 1 aliphatic heterocycles. The van der Waals surface area contributed by atoms with Crippen molar-refractivity contribution in [2.45, 2.75) is 37.1 Å². The molecule has 8 nitrogen and oxygen atoms in total. The Hall–Kier alpha value is -3.37. The van der Waals surface area contributed by atoms with Crippen LogP contribution in [0.15, 0.2) is 90.6 Å². The second kappa shape index (κ2) is 12.7. The number of rotatable bonds is 9. The van der Waals surface area contributed by atoms with Gasteiger partial charge in [-0.25, -0.2) is 4.79 Å². The fourth-order valence-electron chi connectivity index (χ4n) is 4.01. The number of hydrogen-bond donors (Lipinski definition) is 2. The number of aliphatic hydroxyl groups is 1. The van der Waals surface area contributed by atoms with Crippen molar-refractivity contribution in [2.75, 3.05) is 17.7 Å². The molecule has 0 radical (unpaired) electrons. The number of nitrogens with one attached hydrogen (secondary N) is 1. The highest BCUT2D eigenvalue weighted by Crippen LogP contribution is 2.43. The van der Waals surface area contributed by atoms with E-state index in [9.17, 15) is 15.1 Å². The largest absolute Gasteiger partial charge is 0.618 e. The van der Waals surface area contributed by atoms with Crippen molar-refractivity contribution in [3.05, 3.63) is 107 Å². The van der Waals surface area contributed by atoms with Crippen LogP contribution in [0.2, 0.25) is 0 Å². The van der Waals surface area contributed by atoms with E-state index < -0.39 is 12.4 Å². The summed E-state index contributed by atoms with van der Waals surface area (Å²) in [6.45, 7) is 5.70. The third-order valence-electron chi connectivity index (χ3n) is 6.07. The lowest BCUT2D eigenvalue weighted by atomic mass is 9.91. The maximum atomic E-state index is 12.1. The highest BCUT2D eigenvalue weighted by Gasteiger charge is 2.38. The normalized spacial score (nSPS) is 21.2. The molecule has 2 heterocycles. The van der Waals surface area contributed by atoms with E-state index in [4.69, 9.17) is 14.2 Å². The third kappa shape index (κ3) is 6.90. The molecule has 4 rings (SSSR count). The van der Waals surface area contributed by atoms with Crippen LogP contribution in [0.1, 0.15) is 36.0 Å². The van der Waals surface area contributed by atoms with Crippen molar-refractivity contribution in [1.29, 1.82) is 0 Å². The molecule has 3 aromatic rings. The first-order chi connectivity index (χ1) is 18.0. The predicted molar refractivity (Wildman–Crippen MR) is 141 cm³/mol. The quantitative estimate of drug-likeness (QED) is 0.174. The fourth-order valence-corrected chi connectivity index (χ4v) is 5.09. The molecule has 0 bridgehead atoms. The molecule has 2 N–H and O–H groups in total. The number of aliphatic hydroxyl groups excluding tert-OH is 1. The maximum Gasteiger partial charge on any atom is 0.411 e. The molecule has 0 saturated carbocycles. The minimum atomic E-state index is -0.652. The van der Waals surface area contributed by atoms with E-state index in [1.54, 1.807) is 24.3 Å². The number of nitrogens with zero attached hydrogens (tertiary/aromatic N) is 1. The van der Waals surface area contributed by atoms with Crippen molar-refractivity contribution in [3.8, 4) is 0 Å². The maximum absolute atomic E-state index is 12.1. The van der Waals surface area contributed by atoms with Crippen LogP contribution >= 0.6 is 11.8 Å². The predicted octanol–water partition coefficient (Wildman–Crippen LogP) is 5.13. The van der Waals surface area contributed by atoms with Gasteiger partial charge in [-0.3, -0.25) is 5.32 Å². The van der Waals surface area contributed by atoms with E-state index >= 15 is 0 Å². The monoisotopic (exact) mass is 522 g/mol. The summed E-state index contributed by atoms with van der Waals surface area (Å²) in [6, 6.07) is 20.2. The SMILES string of the molecule is C=CCOC(=O)Nc1ccc([C@H]2O[C@@H](CSc3cccc[n+]3[O-])[C@@H](C)[C@@H](c3ccc(CO)cc3)O2)cc1. The van der Waals surface area contributed by atoms with Gasteiger partial charge in [0.25, 0.3) is 5.03 Å². The standard InChI is InChI=1S/C28H30N2O6S/c1-3-16-34-28(32)29-23-13-11-22(12-14-23)27-35-24(18-37-25-6-4-5-15-30(25)33)19(2)26(36-27)21-9-7-20(17-31)8-10-21/h3-15,19,24,26-27,31H,1,16-18H2,2H3,(H,29,32)/t19-,24+,26+,27+/m1/s1. The fraction of sp³-hybridized carbons (Fsp3) is 0.286. The smallest absolute Gasteiger partial charge is 0.411 e. The molecule has 0 spiro atoms. The lowest BCUT2D eigenvalue weighted by Gasteiger charge is -2.41. The molecule has 9 heteroatoms. The lowest BCUT2D eigenvalue weighted by Crippen LogP contribution is -2.39. The summed E-state index contributed by atoms with van der Waals surface area (Å²) >= 11 is 1.44. The first kappa shape index (κ1) is 26.7. The Morgan fingerprint density at radius 3 is 2.54 bits per heavy atom. The van der Waals surface area contributed by atoms with Crippen LogP contribution in [0.3, 0.4) is 0 Å². The van der Waals surface area contributed by atoms with E-state index in [0.29, 0.717) is 16.5 Å². The molecule has 1 fully saturated rings. The molecule has 0 unspecified atom stereocenters. The average Bonchev–Trinajstić information content (AvgIpc) is 2.92. The molecule has 1 saturated heterocycles. The molecule has 2 aromatic carbocycles. The molecular formula is C28H30N2O6S. The zero-order valence-electron chi connectivity index (χ0n) is 20.5. The van der Waals surface area contributed by atoms with Crippen LogP contribution < -0.4 is 10.0 Å². The Bertz CT molecular complexity index is 1190. The number of amides is 1. The topological polar surface area (TPSA) is 104 Å². The van der Waals surface area contributed by atoms with Gasteiger partial charge in [0.2, 0.25) is 0 Å². The zero-order valence-corrected chi connectivity index (χ0v) is 21.3. The Labute approximate surface area is 220 Å². The number of thioether (sulfide) groups is 1. The summed E-state index contributed by atoms with van der Waals surface area (Å²) in [7, 11) is 0. The van der Waals surface area contributed by atoms with Crippen molar-refractivity contribution < 1.29 is 28.8 Å². The van der Waals surface area contributed by atoms with Crippen LogP contribution in [0.25, 0.3) is 0 Å². The van der Waals surface area contributed by atoms with Gasteiger partial charge < -0.3 is 24.5 Å². The summed E-state index contributed by atoms with van der Waals surface area (Å²) in [6.07, 6.45) is 1.29. The summed E-state index contributed by atoms with van der Waals surface area (Å²) in [5.41, 5.74) is 3.18. The average molecular weight is 523 g/mol. The second-order valence-electron chi connectivity index (χ2n) is 8.63. The lowest BCUT2D eigenvalue weighted by molar-refractivity contribution is -0.645. The summed E-state index contributed by atoms with van der Waals surface area (Å²) < 4.78 is 18.6. The Balaban J connectivity index is 1.53. The van der Waals surface area contributed by atoms with Crippen LogP contribution in [-0.2, 0) is 20.8 Å². The number of hydrogen-bond acceptors (Lipinski definition) is 7. The molecular weight excluding hydrogens is 492 g/mol. The minimum absolute atomic E-state index is 0.00638. The van der Waals surface area contributed by atoms with E-state index in [-0.39, 0.29) is 31.3 Å². The summed E-state index contributed by atoms with van der Waals surface area (Å²) in [4.78, 5) is 11.8. The number of carbonyl (C=O) groups excluding carboxylic acids is 1. The molecule has 4 atom stereocenters. The molecule has 1 amide bonds. The number of pyridine rings is 1. The highest BCUT2D eigenvalue weighted by atomic mass is 32.2. The molecule has 194 valence electrons. The number of ether oxygens (including phenoxy) is 3. The molecule has 37 heavy (non-hydrogen) atoms. The number of carbonyl (C=O) groups is 1. The van der Waals surface area contributed by atoms with E-state index in [2.05, 4.69) is 18.8 Å². The van der Waals surface area contributed by atoms with E-state index in [1.165, 1.54) is 24.0 Å². The number of aromatic nitrogens is 1. The van der Waals surface area contributed by atoms with Crippen LogP contribution in [-0.4, -0.2) is 29.7 Å². The van der Waals surface area contributed by atoms with Gasteiger partial charge in [0, 0.05) is 35.1 Å². The van der Waals surface area contributed by atoms with Gasteiger partial charge in [-0.05, 0) is 29.3 Å². The molecule has 1 aromatic heterocycles. The van der Waals surface area contributed by atoms with Crippen LogP contribution in [0.5, 0.6) is 0 Å². The van der Waals surface area contributed by atoms with Gasteiger partial charge in [-0.2, -0.15) is 4.73 Å². The zero-order chi connectivity index (χ0) is 26.2. The van der Waals surface area contributed by atoms with Gasteiger partial charge in [-0.15, -0.1) is 0 Å². The minimum Gasteiger partial charge on any atom is -0.618 e. The van der Waals surface area contributed by atoms with Crippen molar-refractivity contribution in [1.82, 2.24) is 0 Å². The first-order valence-corrected chi connectivity index (χ1v) is 12.9. The van der Waals surface area contributed by atoms with E-state index in [1.807, 2.05) is 42.5 Å². The Morgan fingerprint density at radius 1 is 1.14 bits per heavy atom. The van der Waals surface area contributed by atoms with Crippen molar-refractivity contribution in [2.24, 2.45) is 5.92 Å². The Morgan fingerprint density at radius 2 is 1.86 bits per heavy atom. The van der Waals surface area contributed by atoms with E-state index in [0.717, 1.165) is 21.4 Å². The summed E-state index contributed by atoms with van der Waals surface area (Å²) in [5, 5.41) is 24.8. The van der Waals surface area contributed by atoms with Gasteiger partial charge in [0.1, 0.15) is 6.61 Å². The van der Waals surface area contributed by atoms with Gasteiger partial charge in [-0.1, -0.05) is 67.7 Å². The second-order valence-corrected chi connectivity index (χ2v) is 9.67.